The number of amides is 2. The largest absolute Gasteiger partial charge is 0.355 e. The Morgan fingerprint density at radius 3 is 2.62 bits per heavy atom. The highest BCUT2D eigenvalue weighted by Crippen LogP contribution is 2.20. The fraction of sp³-hybridized carbons (Fsp3) is 0.455. The second kappa shape index (κ2) is 11.0. The molecule has 0 radical (unpaired) electrons. The van der Waals surface area contributed by atoms with Gasteiger partial charge in [0.05, 0.1) is 11.4 Å². The van der Waals surface area contributed by atoms with Crippen LogP contribution in [-0.4, -0.2) is 62.7 Å². The van der Waals surface area contributed by atoms with E-state index in [1.807, 2.05) is 0 Å². The molecule has 1 unspecified atom stereocenters. The van der Waals surface area contributed by atoms with Crippen LogP contribution in [0.15, 0.2) is 46.7 Å². The molecule has 1 aromatic heterocycles. The summed E-state index contributed by atoms with van der Waals surface area (Å²) in [6, 6.07) is 10.1. The molecule has 1 fully saturated rings. The molecule has 2 aromatic rings. The molecule has 0 saturated carbocycles. The van der Waals surface area contributed by atoms with Crippen molar-refractivity contribution < 1.29 is 18.0 Å². The van der Waals surface area contributed by atoms with Crippen LogP contribution in [-0.2, 0) is 26.2 Å². The third kappa shape index (κ3) is 6.86. The number of benzene rings is 1. The molecular weight excluding hydrogens is 448 g/mol. The van der Waals surface area contributed by atoms with Crippen molar-refractivity contribution in [2.45, 2.75) is 31.2 Å². The van der Waals surface area contributed by atoms with E-state index in [1.54, 1.807) is 11.3 Å². The Bertz CT molecular complexity index is 1010. The van der Waals surface area contributed by atoms with Crippen LogP contribution in [0.1, 0.15) is 24.6 Å². The molecule has 2 N–H and O–H groups in total. The first-order chi connectivity index (χ1) is 15.2. The third-order valence-corrected chi connectivity index (χ3v) is 8.08. The van der Waals surface area contributed by atoms with Crippen LogP contribution < -0.4 is 10.6 Å². The van der Waals surface area contributed by atoms with Gasteiger partial charge in [-0.15, -0.1) is 11.3 Å². The first-order valence-electron chi connectivity index (χ1n) is 10.6. The SMILES string of the molecule is CC(=O)Nc1ccc(S(=O)(=O)N(C)CC(=O)NCC2CCCN(Cc3cccs3)C2)cc1. The highest BCUT2D eigenvalue weighted by molar-refractivity contribution is 7.89. The average molecular weight is 479 g/mol. The molecule has 1 saturated heterocycles. The monoisotopic (exact) mass is 478 g/mol. The summed E-state index contributed by atoms with van der Waals surface area (Å²) in [4.78, 5) is 27.3. The number of anilines is 1. The molecule has 2 amide bonds. The van der Waals surface area contributed by atoms with Crippen LogP contribution in [0.3, 0.4) is 0 Å². The van der Waals surface area contributed by atoms with E-state index in [0.29, 0.717) is 18.2 Å². The summed E-state index contributed by atoms with van der Waals surface area (Å²) < 4.78 is 26.6. The fourth-order valence-corrected chi connectivity index (χ4v) is 5.65. The number of sulfonamides is 1. The predicted octanol–water partition coefficient (Wildman–Crippen LogP) is 2.36. The number of hydrogen-bond donors (Lipinski definition) is 2. The van der Waals surface area contributed by atoms with Gasteiger partial charge in [0.1, 0.15) is 0 Å². The molecular formula is C22H30N4O4S2. The lowest BCUT2D eigenvalue weighted by Crippen LogP contribution is -2.43. The van der Waals surface area contributed by atoms with Gasteiger partial charge in [-0.25, -0.2) is 8.42 Å². The van der Waals surface area contributed by atoms with Crippen molar-refractivity contribution >= 4 is 38.9 Å². The summed E-state index contributed by atoms with van der Waals surface area (Å²) in [5.41, 5.74) is 0.512. The number of thiophene rings is 1. The zero-order valence-electron chi connectivity index (χ0n) is 18.4. The van der Waals surface area contributed by atoms with Gasteiger partial charge in [0.25, 0.3) is 0 Å². The summed E-state index contributed by atoms with van der Waals surface area (Å²) >= 11 is 1.75. The molecule has 3 rings (SSSR count). The Morgan fingerprint density at radius 2 is 1.97 bits per heavy atom. The number of nitrogens with one attached hydrogen (secondary N) is 2. The molecule has 1 atom stereocenters. The molecule has 0 aliphatic carbocycles. The molecule has 174 valence electrons. The van der Waals surface area contributed by atoms with Gasteiger partial charge >= 0.3 is 0 Å². The molecule has 2 heterocycles. The zero-order valence-corrected chi connectivity index (χ0v) is 20.0. The molecule has 10 heteroatoms. The number of rotatable bonds is 9. The lowest BCUT2D eigenvalue weighted by atomic mass is 9.98. The van der Waals surface area contributed by atoms with Gasteiger partial charge in [-0.1, -0.05) is 6.07 Å². The van der Waals surface area contributed by atoms with E-state index in [9.17, 15) is 18.0 Å². The number of likely N-dealkylation sites (N-methyl/N-ethyl adjacent to an activating group) is 1. The number of nitrogens with zero attached hydrogens (tertiary/aromatic N) is 2. The Hall–Kier alpha value is -2.27. The van der Waals surface area contributed by atoms with Gasteiger partial charge in [-0.2, -0.15) is 4.31 Å². The normalized spacial score (nSPS) is 17.3. The second-order valence-electron chi connectivity index (χ2n) is 8.09. The smallest absolute Gasteiger partial charge is 0.243 e. The maximum absolute atomic E-state index is 12.8. The van der Waals surface area contributed by atoms with Crippen molar-refractivity contribution in [3.63, 3.8) is 0 Å². The third-order valence-electron chi connectivity index (χ3n) is 5.40. The van der Waals surface area contributed by atoms with Crippen molar-refractivity contribution in [2.24, 2.45) is 5.92 Å². The van der Waals surface area contributed by atoms with Gasteiger partial charge in [-0.3, -0.25) is 14.5 Å². The topological polar surface area (TPSA) is 98.8 Å². The number of carbonyl (C=O) groups excluding carboxylic acids is 2. The van der Waals surface area contributed by atoms with Crippen molar-refractivity contribution in [1.29, 1.82) is 0 Å². The first-order valence-corrected chi connectivity index (χ1v) is 12.9. The minimum Gasteiger partial charge on any atom is -0.355 e. The van der Waals surface area contributed by atoms with E-state index in [0.717, 1.165) is 36.8 Å². The minimum atomic E-state index is -3.81. The number of carbonyl (C=O) groups is 2. The van der Waals surface area contributed by atoms with Crippen LogP contribution >= 0.6 is 11.3 Å². The Balaban J connectivity index is 1.47. The van der Waals surface area contributed by atoms with Gasteiger partial charge in [0.15, 0.2) is 0 Å². The second-order valence-corrected chi connectivity index (χ2v) is 11.2. The van der Waals surface area contributed by atoms with Gasteiger partial charge < -0.3 is 10.6 Å². The van der Waals surface area contributed by atoms with E-state index < -0.39 is 10.0 Å². The number of likely N-dealkylation sites (tertiary alicyclic amines) is 1. The van der Waals surface area contributed by atoms with Gasteiger partial charge in [0.2, 0.25) is 21.8 Å². The lowest BCUT2D eigenvalue weighted by Gasteiger charge is -2.32. The van der Waals surface area contributed by atoms with Crippen molar-refractivity contribution in [1.82, 2.24) is 14.5 Å². The fourth-order valence-electron chi connectivity index (χ4n) is 3.78. The molecule has 1 aliphatic rings. The van der Waals surface area contributed by atoms with Crippen molar-refractivity contribution in [3.05, 3.63) is 46.7 Å². The zero-order chi connectivity index (χ0) is 23.1. The predicted molar refractivity (Wildman–Crippen MR) is 126 cm³/mol. The summed E-state index contributed by atoms with van der Waals surface area (Å²) in [5.74, 6) is -0.195. The molecule has 0 spiro atoms. The summed E-state index contributed by atoms with van der Waals surface area (Å²) in [6.45, 7) is 4.59. The van der Waals surface area contributed by atoms with Gasteiger partial charge in [-0.05, 0) is 61.0 Å². The van der Waals surface area contributed by atoms with Crippen molar-refractivity contribution in [2.75, 3.05) is 38.5 Å². The molecule has 32 heavy (non-hydrogen) atoms. The first kappa shape index (κ1) is 24.4. The number of hydrogen-bond acceptors (Lipinski definition) is 6. The Morgan fingerprint density at radius 1 is 1.22 bits per heavy atom. The summed E-state index contributed by atoms with van der Waals surface area (Å²) in [7, 11) is -2.42. The number of piperidine rings is 1. The van der Waals surface area contributed by atoms with Crippen LogP contribution in [0.5, 0.6) is 0 Å². The van der Waals surface area contributed by atoms with Crippen LogP contribution in [0.4, 0.5) is 5.69 Å². The van der Waals surface area contributed by atoms with E-state index in [-0.39, 0.29) is 23.3 Å². The molecule has 1 aliphatic heterocycles. The van der Waals surface area contributed by atoms with E-state index >= 15 is 0 Å². The maximum Gasteiger partial charge on any atom is 0.243 e. The van der Waals surface area contributed by atoms with Gasteiger partial charge in [0, 0.05) is 44.2 Å². The van der Waals surface area contributed by atoms with Crippen LogP contribution in [0.25, 0.3) is 0 Å². The van der Waals surface area contributed by atoms with Crippen LogP contribution in [0, 0.1) is 5.92 Å². The van der Waals surface area contributed by atoms with E-state index in [4.69, 9.17) is 0 Å². The highest BCUT2D eigenvalue weighted by atomic mass is 32.2. The molecule has 8 nitrogen and oxygen atoms in total. The van der Waals surface area contributed by atoms with E-state index in [1.165, 1.54) is 43.1 Å². The highest BCUT2D eigenvalue weighted by Gasteiger charge is 2.24. The Labute approximate surface area is 193 Å². The summed E-state index contributed by atoms with van der Waals surface area (Å²) in [5, 5.41) is 7.58. The summed E-state index contributed by atoms with van der Waals surface area (Å²) in [6.07, 6.45) is 2.14. The lowest BCUT2D eigenvalue weighted by molar-refractivity contribution is -0.121. The van der Waals surface area contributed by atoms with Crippen molar-refractivity contribution in [3.8, 4) is 0 Å². The molecule has 0 bridgehead atoms. The maximum atomic E-state index is 12.8. The van der Waals surface area contributed by atoms with Crippen LogP contribution in [0.2, 0.25) is 0 Å². The Kier molecular flexibility index (Phi) is 8.41. The van der Waals surface area contributed by atoms with E-state index in [2.05, 4.69) is 33.0 Å². The quantitative estimate of drug-likeness (QED) is 0.577. The minimum absolute atomic E-state index is 0.0680. The average Bonchev–Trinajstić information content (AvgIpc) is 3.25. The molecule has 1 aromatic carbocycles. The standard InChI is InChI=1S/C22H30N4O4S2/c1-17(27)24-19-7-9-21(10-8-19)32(29,30)25(2)16-22(28)23-13-18-5-3-11-26(14-18)15-20-6-4-12-31-20/h4,6-10,12,18H,3,5,11,13-16H2,1-2H3,(H,23,28)(H,24,27).